The van der Waals surface area contributed by atoms with Crippen molar-refractivity contribution in [1.29, 1.82) is 0 Å². The Balaban J connectivity index is 3.48. The highest BCUT2D eigenvalue weighted by Crippen LogP contribution is 2.29. The Bertz CT molecular complexity index is 385. The van der Waals surface area contributed by atoms with Crippen LogP contribution in [0.1, 0.15) is 21.5 Å². The van der Waals surface area contributed by atoms with E-state index in [4.69, 9.17) is 15.6 Å². The molecule has 0 aliphatic heterocycles. The molecule has 4 nitrogen and oxygen atoms in total. The van der Waals surface area contributed by atoms with Gasteiger partial charge >= 0.3 is 5.97 Å². The molecule has 0 unspecified atom stereocenters. The lowest BCUT2D eigenvalue weighted by atomic mass is 10.0. The van der Waals surface area contributed by atoms with Gasteiger partial charge in [0.2, 0.25) is 0 Å². The van der Waals surface area contributed by atoms with E-state index >= 15 is 0 Å². The monoisotopic (exact) mass is 195 g/mol. The Kier molecular flexibility index (Phi) is 2.65. The smallest absolute Gasteiger partial charge is 0.337 e. The number of ether oxygens (including phenoxy) is 1. The minimum atomic E-state index is -1.04. The maximum Gasteiger partial charge on any atom is 0.337 e. The summed E-state index contributed by atoms with van der Waals surface area (Å²) in [5, 5.41) is 8.87. The zero-order valence-electron chi connectivity index (χ0n) is 8.42. The summed E-state index contributed by atoms with van der Waals surface area (Å²) in [5.74, 6) is -0.488. The number of hydrogen-bond donors (Lipinski definition) is 2. The summed E-state index contributed by atoms with van der Waals surface area (Å²) < 4.78 is 5.05. The molecule has 0 aliphatic rings. The average Bonchev–Trinajstić information content (AvgIpc) is 2.14. The topological polar surface area (TPSA) is 72.5 Å². The highest BCUT2D eigenvalue weighted by atomic mass is 16.5. The molecule has 1 aromatic carbocycles. The van der Waals surface area contributed by atoms with E-state index in [1.54, 1.807) is 6.92 Å². The number of carbonyl (C=O) groups is 1. The fraction of sp³-hybridized carbons (Fsp3) is 0.300. The number of benzene rings is 1. The van der Waals surface area contributed by atoms with Crippen LogP contribution in [-0.4, -0.2) is 18.2 Å². The Morgan fingerprint density at radius 2 is 2.00 bits per heavy atom. The van der Waals surface area contributed by atoms with Gasteiger partial charge in [-0.1, -0.05) is 0 Å². The lowest BCUT2D eigenvalue weighted by Crippen LogP contribution is -2.06. The first-order valence-electron chi connectivity index (χ1n) is 4.16. The van der Waals surface area contributed by atoms with Crippen molar-refractivity contribution in [3.05, 3.63) is 22.8 Å². The number of rotatable bonds is 2. The predicted octanol–water partition coefficient (Wildman–Crippen LogP) is 1.59. The molecular weight excluding hydrogens is 182 g/mol. The Morgan fingerprint density at radius 1 is 1.43 bits per heavy atom. The minimum absolute atomic E-state index is 0.0879. The van der Waals surface area contributed by atoms with Gasteiger partial charge in [-0.05, 0) is 31.0 Å². The maximum atomic E-state index is 10.8. The Morgan fingerprint density at radius 3 is 2.43 bits per heavy atom. The molecule has 0 fully saturated rings. The first kappa shape index (κ1) is 10.4. The zero-order chi connectivity index (χ0) is 10.9. The minimum Gasteiger partial charge on any atom is -0.496 e. The fourth-order valence-electron chi connectivity index (χ4n) is 1.29. The van der Waals surface area contributed by atoms with Crippen molar-refractivity contribution >= 4 is 11.7 Å². The van der Waals surface area contributed by atoms with Gasteiger partial charge in [-0.2, -0.15) is 0 Å². The molecule has 0 heterocycles. The van der Waals surface area contributed by atoms with Gasteiger partial charge in [0, 0.05) is 5.69 Å². The second kappa shape index (κ2) is 3.57. The van der Waals surface area contributed by atoms with Crippen LogP contribution in [0.5, 0.6) is 5.75 Å². The molecule has 3 N–H and O–H groups in total. The summed E-state index contributed by atoms with van der Waals surface area (Å²) in [7, 11) is 1.50. The normalized spacial score (nSPS) is 9.93. The third-order valence-electron chi connectivity index (χ3n) is 2.35. The number of carboxylic acids is 1. The van der Waals surface area contributed by atoms with Crippen molar-refractivity contribution in [2.45, 2.75) is 13.8 Å². The summed E-state index contributed by atoms with van der Waals surface area (Å²) in [5.41, 5.74) is 7.68. The lowest BCUT2D eigenvalue weighted by molar-refractivity contribution is 0.0697. The molecule has 4 heteroatoms. The van der Waals surface area contributed by atoms with Crippen LogP contribution in [-0.2, 0) is 0 Å². The van der Waals surface area contributed by atoms with E-state index in [0.717, 1.165) is 11.1 Å². The van der Waals surface area contributed by atoms with E-state index in [1.165, 1.54) is 13.2 Å². The number of hydrogen-bond acceptors (Lipinski definition) is 3. The van der Waals surface area contributed by atoms with Crippen molar-refractivity contribution in [3.63, 3.8) is 0 Å². The molecule has 0 saturated heterocycles. The first-order chi connectivity index (χ1) is 6.49. The predicted molar refractivity (Wildman–Crippen MR) is 53.8 cm³/mol. The molecular formula is C10H13NO3. The van der Waals surface area contributed by atoms with E-state index in [1.807, 2.05) is 6.92 Å². The van der Waals surface area contributed by atoms with Crippen LogP contribution in [0.3, 0.4) is 0 Å². The summed E-state index contributed by atoms with van der Waals surface area (Å²) in [6, 6.07) is 1.44. The van der Waals surface area contributed by atoms with E-state index in [2.05, 4.69) is 0 Å². The standard InChI is InChI=1S/C10H13NO3/c1-5-6(2)9(11)7(10(12)13)4-8(5)14-3/h4H,11H2,1-3H3,(H,12,13). The van der Waals surface area contributed by atoms with Gasteiger partial charge < -0.3 is 15.6 Å². The molecule has 1 rings (SSSR count). The van der Waals surface area contributed by atoms with Crippen molar-refractivity contribution in [1.82, 2.24) is 0 Å². The quantitative estimate of drug-likeness (QED) is 0.703. The molecule has 0 radical (unpaired) electrons. The SMILES string of the molecule is COc1cc(C(=O)O)c(N)c(C)c1C. The number of aromatic carboxylic acids is 1. The van der Waals surface area contributed by atoms with Gasteiger partial charge in [0.05, 0.1) is 12.7 Å². The Labute approximate surface area is 82.3 Å². The molecule has 1 aromatic rings. The summed E-state index contributed by atoms with van der Waals surface area (Å²) in [4.78, 5) is 10.8. The summed E-state index contributed by atoms with van der Waals surface area (Å²) in [6.45, 7) is 3.62. The van der Waals surface area contributed by atoms with Gasteiger partial charge in [0.25, 0.3) is 0 Å². The maximum absolute atomic E-state index is 10.8. The van der Waals surface area contributed by atoms with Gasteiger partial charge in [0.1, 0.15) is 5.75 Å². The van der Waals surface area contributed by atoms with Crippen molar-refractivity contribution in [3.8, 4) is 5.75 Å². The largest absolute Gasteiger partial charge is 0.496 e. The lowest BCUT2D eigenvalue weighted by Gasteiger charge is -2.12. The van der Waals surface area contributed by atoms with E-state index in [0.29, 0.717) is 11.4 Å². The number of carboxylic acid groups (broad SMARTS) is 1. The molecule has 0 spiro atoms. The van der Waals surface area contributed by atoms with Crippen molar-refractivity contribution < 1.29 is 14.6 Å². The third kappa shape index (κ3) is 1.51. The van der Waals surface area contributed by atoms with Crippen molar-refractivity contribution in [2.75, 3.05) is 12.8 Å². The van der Waals surface area contributed by atoms with Crippen LogP contribution in [0, 0.1) is 13.8 Å². The average molecular weight is 195 g/mol. The number of nitrogens with two attached hydrogens (primary N) is 1. The highest BCUT2D eigenvalue weighted by Gasteiger charge is 2.15. The molecule has 0 amide bonds. The zero-order valence-corrected chi connectivity index (χ0v) is 8.42. The van der Waals surface area contributed by atoms with Crippen LogP contribution in [0.4, 0.5) is 5.69 Å². The van der Waals surface area contributed by atoms with E-state index in [-0.39, 0.29) is 5.56 Å². The second-order valence-electron chi connectivity index (χ2n) is 3.10. The fourth-order valence-corrected chi connectivity index (χ4v) is 1.29. The van der Waals surface area contributed by atoms with Crippen LogP contribution < -0.4 is 10.5 Å². The summed E-state index contributed by atoms with van der Waals surface area (Å²) >= 11 is 0. The van der Waals surface area contributed by atoms with Gasteiger partial charge in [-0.15, -0.1) is 0 Å². The molecule has 0 bridgehead atoms. The highest BCUT2D eigenvalue weighted by molar-refractivity contribution is 5.95. The number of methoxy groups -OCH3 is 1. The molecule has 14 heavy (non-hydrogen) atoms. The van der Waals surface area contributed by atoms with Crippen LogP contribution in [0.15, 0.2) is 6.07 Å². The van der Waals surface area contributed by atoms with Gasteiger partial charge in [-0.25, -0.2) is 4.79 Å². The van der Waals surface area contributed by atoms with Crippen LogP contribution >= 0.6 is 0 Å². The second-order valence-corrected chi connectivity index (χ2v) is 3.10. The molecule has 0 aromatic heterocycles. The molecule has 0 atom stereocenters. The molecule has 76 valence electrons. The van der Waals surface area contributed by atoms with Gasteiger partial charge in [-0.3, -0.25) is 0 Å². The van der Waals surface area contributed by atoms with E-state index in [9.17, 15) is 4.79 Å². The third-order valence-corrected chi connectivity index (χ3v) is 2.35. The summed E-state index contributed by atoms with van der Waals surface area (Å²) in [6.07, 6.45) is 0. The van der Waals surface area contributed by atoms with Gasteiger partial charge in [0.15, 0.2) is 0 Å². The first-order valence-corrected chi connectivity index (χ1v) is 4.16. The Hall–Kier alpha value is -1.71. The van der Waals surface area contributed by atoms with Crippen LogP contribution in [0.25, 0.3) is 0 Å². The number of anilines is 1. The van der Waals surface area contributed by atoms with Crippen LogP contribution in [0.2, 0.25) is 0 Å². The van der Waals surface area contributed by atoms with E-state index < -0.39 is 5.97 Å². The van der Waals surface area contributed by atoms with Crippen molar-refractivity contribution in [2.24, 2.45) is 0 Å². The number of nitrogen functional groups attached to an aromatic ring is 1. The molecule has 0 aliphatic carbocycles. The molecule has 0 saturated carbocycles.